The van der Waals surface area contributed by atoms with Gasteiger partial charge in [0.2, 0.25) is 0 Å². The third kappa shape index (κ3) is 4.42. The van der Waals surface area contributed by atoms with Gasteiger partial charge in [0.05, 0.1) is 0 Å². The van der Waals surface area contributed by atoms with Crippen LogP contribution in [0.4, 0.5) is 0 Å². The average Bonchev–Trinajstić information content (AvgIpc) is 2.78. The van der Waals surface area contributed by atoms with Gasteiger partial charge in [0, 0.05) is 12.1 Å². The highest BCUT2D eigenvalue weighted by molar-refractivity contribution is 5.23. The number of nitrogens with one attached hydrogen (secondary N) is 1. The maximum absolute atomic E-state index is 5.73. The van der Waals surface area contributed by atoms with E-state index < -0.39 is 0 Å². The molecule has 0 bridgehead atoms. The van der Waals surface area contributed by atoms with E-state index in [0.717, 1.165) is 30.4 Å². The zero-order valence-corrected chi connectivity index (χ0v) is 12.5. The monoisotopic (exact) mass is 273 g/mol. The Hall–Kier alpha value is -1.74. The molecule has 0 atom stereocenters. The topological polar surface area (TPSA) is 34.4 Å². The lowest BCUT2D eigenvalue weighted by atomic mass is 10.2. The molecule has 2 rings (SSSR count). The van der Waals surface area contributed by atoms with Gasteiger partial charge in [-0.05, 0) is 37.6 Å². The van der Waals surface area contributed by atoms with E-state index in [2.05, 4.69) is 25.2 Å². The van der Waals surface area contributed by atoms with Crippen LogP contribution in [0.2, 0.25) is 0 Å². The normalized spacial score (nSPS) is 11.0. The summed E-state index contributed by atoms with van der Waals surface area (Å²) in [5, 5.41) is 3.43. The van der Waals surface area contributed by atoms with Crippen LogP contribution in [0, 0.1) is 12.8 Å². The molecule has 0 unspecified atom stereocenters. The highest BCUT2D eigenvalue weighted by atomic mass is 16.5. The zero-order chi connectivity index (χ0) is 14.4. The number of hydrogen-bond donors (Lipinski definition) is 1. The summed E-state index contributed by atoms with van der Waals surface area (Å²) in [5.41, 5.74) is 1.21. The summed E-state index contributed by atoms with van der Waals surface area (Å²) in [7, 11) is 0. The van der Waals surface area contributed by atoms with Crippen molar-refractivity contribution < 1.29 is 9.15 Å². The molecule has 20 heavy (non-hydrogen) atoms. The van der Waals surface area contributed by atoms with Gasteiger partial charge in [-0.15, -0.1) is 0 Å². The predicted molar refractivity (Wildman–Crippen MR) is 80.8 cm³/mol. The molecular formula is C17H23NO2. The van der Waals surface area contributed by atoms with E-state index in [1.54, 1.807) is 0 Å². The van der Waals surface area contributed by atoms with Crippen molar-refractivity contribution in [3.05, 3.63) is 53.5 Å². The van der Waals surface area contributed by atoms with Gasteiger partial charge in [0.1, 0.15) is 23.9 Å². The molecular weight excluding hydrogens is 250 g/mol. The SMILES string of the molecule is Cc1oc(COc2ccccc2)cc1CNCC(C)C. The molecule has 0 amide bonds. The first-order valence-electron chi connectivity index (χ1n) is 7.12. The second kappa shape index (κ2) is 7.15. The van der Waals surface area contributed by atoms with Gasteiger partial charge >= 0.3 is 0 Å². The predicted octanol–water partition coefficient (Wildman–Crippen LogP) is 3.91. The highest BCUT2D eigenvalue weighted by Gasteiger charge is 2.08. The van der Waals surface area contributed by atoms with E-state index in [4.69, 9.17) is 9.15 Å². The summed E-state index contributed by atoms with van der Waals surface area (Å²) in [4.78, 5) is 0. The molecule has 1 aromatic carbocycles. The smallest absolute Gasteiger partial charge is 0.146 e. The molecule has 0 saturated heterocycles. The van der Waals surface area contributed by atoms with Crippen LogP contribution in [-0.2, 0) is 13.2 Å². The van der Waals surface area contributed by atoms with E-state index >= 15 is 0 Å². The second-order valence-corrected chi connectivity index (χ2v) is 5.42. The number of ether oxygens (including phenoxy) is 1. The van der Waals surface area contributed by atoms with E-state index in [0.29, 0.717) is 12.5 Å². The summed E-state index contributed by atoms with van der Waals surface area (Å²) in [6, 6.07) is 11.9. The number of furan rings is 1. The van der Waals surface area contributed by atoms with Gasteiger partial charge in [0.15, 0.2) is 0 Å². The molecule has 3 nitrogen and oxygen atoms in total. The Labute approximate surface area is 121 Å². The van der Waals surface area contributed by atoms with Crippen LogP contribution in [-0.4, -0.2) is 6.54 Å². The number of hydrogen-bond acceptors (Lipinski definition) is 3. The molecule has 3 heteroatoms. The lowest BCUT2D eigenvalue weighted by Crippen LogP contribution is -2.18. The average molecular weight is 273 g/mol. The van der Waals surface area contributed by atoms with E-state index in [-0.39, 0.29) is 0 Å². The van der Waals surface area contributed by atoms with Crippen LogP contribution in [0.15, 0.2) is 40.8 Å². The first-order valence-corrected chi connectivity index (χ1v) is 7.12. The minimum Gasteiger partial charge on any atom is -0.486 e. The quantitative estimate of drug-likeness (QED) is 0.830. The Morgan fingerprint density at radius 2 is 1.95 bits per heavy atom. The maximum atomic E-state index is 5.73. The minimum absolute atomic E-state index is 0.467. The number of para-hydroxylation sites is 1. The molecule has 0 radical (unpaired) electrons. The molecule has 0 spiro atoms. The van der Waals surface area contributed by atoms with Gasteiger partial charge in [-0.25, -0.2) is 0 Å². The van der Waals surface area contributed by atoms with Crippen LogP contribution in [0.25, 0.3) is 0 Å². The van der Waals surface area contributed by atoms with Crippen LogP contribution in [0.1, 0.15) is 30.9 Å². The first-order chi connectivity index (χ1) is 9.65. The fraction of sp³-hybridized carbons (Fsp3) is 0.412. The van der Waals surface area contributed by atoms with Crippen molar-refractivity contribution in [1.82, 2.24) is 5.32 Å². The van der Waals surface area contributed by atoms with Crippen molar-refractivity contribution in [2.45, 2.75) is 33.9 Å². The maximum Gasteiger partial charge on any atom is 0.146 e. The van der Waals surface area contributed by atoms with Crippen molar-refractivity contribution in [2.75, 3.05) is 6.54 Å². The second-order valence-electron chi connectivity index (χ2n) is 5.42. The van der Waals surface area contributed by atoms with Gasteiger partial charge in [-0.3, -0.25) is 0 Å². The van der Waals surface area contributed by atoms with Crippen LogP contribution < -0.4 is 10.1 Å². The van der Waals surface area contributed by atoms with Gasteiger partial charge in [-0.2, -0.15) is 0 Å². The Kier molecular flexibility index (Phi) is 5.24. The minimum atomic E-state index is 0.467. The van der Waals surface area contributed by atoms with E-state index in [1.165, 1.54) is 5.56 Å². The molecule has 1 N–H and O–H groups in total. The summed E-state index contributed by atoms with van der Waals surface area (Å²) >= 11 is 0. The Morgan fingerprint density at radius 3 is 2.65 bits per heavy atom. The Balaban J connectivity index is 1.87. The molecule has 0 saturated carbocycles. The molecule has 0 aliphatic carbocycles. The van der Waals surface area contributed by atoms with Gasteiger partial charge < -0.3 is 14.5 Å². The molecule has 0 aliphatic rings. The zero-order valence-electron chi connectivity index (χ0n) is 12.5. The van der Waals surface area contributed by atoms with Crippen molar-refractivity contribution in [2.24, 2.45) is 5.92 Å². The van der Waals surface area contributed by atoms with Crippen LogP contribution in [0.3, 0.4) is 0 Å². The molecule has 1 heterocycles. The van der Waals surface area contributed by atoms with E-state index in [9.17, 15) is 0 Å². The lowest BCUT2D eigenvalue weighted by molar-refractivity contribution is 0.267. The summed E-state index contributed by atoms with van der Waals surface area (Å²) in [6.07, 6.45) is 0. The molecule has 1 aromatic heterocycles. The van der Waals surface area contributed by atoms with Crippen molar-refractivity contribution in [3.8, 4) is 5.75 Å². The molecule has 108 valence electrons. The standard InChI is InChI=1S/C17H23NO2/c1-13(2)10-18-11-15-9-17(20-14(15)3)12-19-16-7-5-4-6-8-16/h4-9,13,18H,10-12H2,1-3H3. The number of aryl methyl sites for hydroxylation is 1. The number of rotatable bonds is 7. The van der Waals surface area contributed by atoms with E-state index in [1.807, 2.05) is 37.3 Å². The van der Waals surface area contributed by atoms with Crippen molar-refractivity contribution in [3.63, 3.8) is 0 Å². The Bertz CT molecular complexity index is 517. The Morgan fingerprint density at radius 1 is 1.20 bits per heavy atom. The fourth-order valence-electron chi connectivity index (χ4n) is 2.00. The fourth-order valence-corrected chi connectivity index (χ4v) is 2.00. The summed E-state index contributed by atoms with van der Waals surface area (Å²) in [5.74, 6) is 3.35. The van der Waals surface area contributed by atoms with Crippen molar-refractivity contribution >= 4 is 0 Å². The van der Waals surface area contributed by atoms with Crippen LogP contribution >= 0.6 is 0 Å². The largest absolute Gasteiger partial charge is 0.486 e. The van der Waals surface area contributed by atoms with Crippen LogP contribution in [0.5, 0.6) is 5.75 Å². The third-order valence-corrected chi connectivity index (χ3v) is 3.06. The van der Waals surface area contributed by atoms with Gasteiger partial charge in [0.25, 0.3) is 0 Å². The molecule has 0 aliphatic heterocycles. The highest BCUT2D eigenvalue weighted by Crippen LogP contribution is 2.17. The third-order valence-electron chi connectivity index (χ3n) is 3.06. The number of benzene rings is 1. The lowest BCUT2D eigenvalue weighted by Gasteiger charge is -2.05. The van der Waals surface area contributed by atoms with Gasteiger partial charge in [-0.1, -0.05) is 32.0 Å². The van der Waals surface area contributed by atoms with Crippen molar-refractivity contribution in [1.29, 1.82) is 0 Å². The molecule has 0 fully saturated rings. The summed E-state index contributed by atoms with van der Waals surface area (Å²) < 4.78 is 11.4. The molecule has 2 aromatic rings. The summed E-state index contributed by atoms with van der Waals surface area (Å²) in [6.45, 7) is 8.73. The first kappa shape index (κ1) is 14.7.